The van der Waals surface area contributed by atoms with E-state index in [2.05, 4.69) is 26.1 Å². The van der Waals surface area contributed by atoms with Crippen LogP contribution in [0.1, 0.15) is 40.5 Å². The first-order valence-corrected chi connectivity index (χ1v) is 5.46. The largest absolute Gasteiger partial charge is 0.341 e. The summed E-state index contributed by atoms with van der Waals surface area (Å²) in [6.45, 7) is 10.1. The molecule has 3 nitrogen and oxygen atoms in total. The number of hydrogen-bond acceptors (Lipinski definition) is 2. The second-order valence-corrected chi connectivity index (χ2v) is 5.15. The first-order chi connectivity index (χ1) is 6.40. The van der Waals surface area contributed by atoms with Crippen LogP contribution in [0.3, 0.4) is 0 Å². The molecule has 1 saturated heterocycles. The number of likely N-dealkylation sites (tertiary alicyclic amines) is 1. The summed E-state index contributed by atoms with van der Waals surface area (Å²) >= 11 is 0. The van der Waals surface area contributed by atoms with Crippen molar-refractivity contribution in [2.24, 2.45) is 0 Å². The lowest BCUT2D eigenvalue weighted by molar-refractivity contribution is -0.132. The van der Waals surface area contributed by atoms with E-state index in [1.807, 2.05) is 11.8 Å². The van der Waals surface area contributed by atoms with Crippen molar-refractivity contribution >= 4 is 5.91 Å². The molecule has 1 heterocycles. The number of carbonyl (C=O) groups excluding carboxylic acids is 1. The smallest absolute Gasteiger partial charge is 0.239 e. The van der Waals surface area contributed by atoms with E-state index in [0.29, 0.717) is 0 Å². The lowest BCUT2D eigenvalue weighted by Crippen LogP contribution is -2.50. The molecule has 0 spiro atoms. The average molecular weight is 198 g/mol. The molecule has 1 N–H and O–H groups in total. The number of carbonyl (C=O) groups is 1. The molecule has 0 radical (unpaired) electrons. The SMILES string of the molecule is C[C@H](NC(C)(C)C)C(=O)N1CCCC1. The Morgan fingerprint density at radius 3 is 2.21 bits per heavy atom. The number of nitrogens with one attached hydrogen (secondary N) is 1. The van der Waals surface area contributed by atoms with Crippen LogP contribution >= 0.6 is 0 Å². The number of hydrogen-bond donors (Lipinski definition) is 1. The van der Waals surface area contributed by atoms with Crippen molar-refractivity contribution in [3.05, 3.63) is 0 Å². The predicted octanol–water partition coefficient (Wildman–Crippen LogP) is 1.39. The van der Waals surface area contributed by atoms with Gasteiger partial charge in [-0.25, -0.2) is 0 Å². The fraction of sp³-hybridized carbons (Fsp3) is 0.909. The molecule has 1 amide bonds. The standard InChI is InChI=1S/C11H22N2O/c1-9(12-11(2,3)4)10(14)13-7-5-6-8-13/h9,12H,5-8H2,1-4H3/t9-/m0/s1. The predicted molar refractivity (Wildman–Crippen MR) is 58.2 cm³/mol. The molecule has 3 heteroatoms. The first kappa shape index (κ1) is 11.5. The number of amides is 1. The molecule has 1 rings (SSSR count). The number of nitrogens with zero attached hydrogens (tertiary/aromatic N) is 1. The minimum Gasteiger partial charge on any atom is -0.341 e. The van der Waals surface area contributed by atoms with Gasteiger partial charge in [-0.1, -0.05) is 0 Å². The molecule has 0 saturated carbocycles. The van der Waals surface area contributed by atoms with Gasteiger partial charge < -0.3 is 10.2 Å². The molecule has 0 aromatic carbocycles. The summed E-state index contributed by atoms with van der Waals surface area (Å²) in [6, 6.07) is -0.0619. The Bertz CT molecular complexity index is 202. The summed E-state index contributed by atoms with van der Waals surface area (Å²) in [6.07, 6.45) is 2.32. The Hall–Kier alpha value is -0.570. The van der Waals surface area contributed by atoms with Crippen molar-refractivity contribution in [2.45, 2.75) is 52.1 Å². The van der Waals surface area contributed by atoms with Gasteiger partial charge in [-0.05, 0) is 40.5 Å². The normalized spacial score (nSPS) is 19.9. The molecule has 1 aliphatic heterocycles. The van der Waals surface area contributed by atoms with Crippen molar-refractivity contribution in [1.82, 2.24) is 10.2 Å². The van der Waals surface area contributed by atoms with Crippen LogP contribution < -0.4 is 5.32 Å². The molecule has 0 aromatic heterocycles. The van der Waals surface area contributed by atoms with Gasteiger partial charge in [0.1, 0.15) is 0 Å². The van der Waals surface area contributed by atoms with Crippen LogP contribution in [0.5, 0.6) is 0 Å². The van der Waals surface area contributed by atoms with Gasteiger partial charge in [-0.2, -0.15) is 0 Å². The lowest BCUT2D eigenvalue weighted by Gasteiger charge is -2.28. The first-order valence-electron chi connectivity index (χ1n) is 5.46. The molecular weight excluding hydrogens is 176 g/mol. The maximum atomic E-state index is 11.9. The quantitative estimate of drug-likeness (QED) is 0.727. The average Bonchev–Trinajstić information content (AvgIpc) is 2.51. The zero-order valence-corrected chi connectivity index (χ0v) is 9.76. The van der Waals surface area contributed by atoms with Crippen LogP contribution in [0.4, 0.5) is 0 Å². The third-order valence-electron chi connectivity index (χ3n) is 2.44. The highest BCUT2D eigenvalue weighted by Gasteiger charge is 2.25. The van der Waals surface area contributed by atoms with Gasteiger partial charge in [0.2, 0.25) is 5.91 Å². The van der Waals surface area contributed by atoms with Crippen molar-refractivity contribution in [1.29, 1.82) is 0 Å². The Morgan fingerprint density at radius 1 is 1.29 bits per heavy atom. The topological polar surface area (TPSA) is 32.3 Å². The fourth-order valence-corrected chi connectivity index (χ4v) is 1.92. The molecule has 82 valence electrons. The van der Waals surface area contributed by atoms with E-state index in [9.17, 15) is 4.79 Å². The van der Waals surface area contributed by atoms with Gasteiger partial charge >= 0.3 is 0 Å². The molecular formula is C11H22N2O. The van der Waals surface area contributed by atoms with Gasteiger partial charge in [0.15, 0.2) is 0 Å². The third kappa shape index (κ3) is 3.29. The van der Waals surface area contributed by atoms with Gasteiger partial charge in [0.25, 0.3) is 0 Å². The zero-order valence-electron chi connectivity index (χ0n) is 9.76. The summed E-state index contributed by atoms with van der Waals surface area (Å²) < 4.78 is 0. The van der Waals surface area contributed by atoms with Crippen molar-refractivity contribution in [3.63, 3.8) is 0 Å². The van der Waals surface area contributed by atoms with E-state index in [1.165, 1.54) is 0 Å². The van der Waals surface area contributed by atoms with Crippen LogP contribution in [0.15, 0.2) is 0 Å². The van der Waals surface area contributed by atoms with E-state index in [0.717, 1.165) is 25.9 Å². The summed E-state index contributed by atoms with van der Waals surface area (Å²) in [5.41, 5.74) is 0.00873. The molecule has 1 atom stereocenters. The second kappa shape index (κ2) is 4.30. The molecule has 0 unspecified atom stereocenters. The summed E-state index contributed by atoms with van der Waals surface area (Å²) in [5, 5.41) is 3.30. The van der Waals surface area contributed by atoms with Crippen LogP contribution in [0.2, 0.25) is 0 Å². The Balaban J connectivity index is 2.43. The van der Waals surface area contributed by atoms with E-state index in [4.69, 9.17) is 0 Å². The van der Waals surface area contributed by atoms with Crippen molar-refractivity contribution < 1.29 is 4.79 Å². The van der Waals surface area contributed by atoms with Gasteiger partial charge in [0, 0.05) is 18.6 Å². The minimum absolute atomic E-state index is 0.00873. The van der Waals surface area contributed by atoms with E-state index < -0.39 is 0 Å². The Kier molecular flexibility index (Phi) is 3.53. The monoisotopic (exact) mass is 198 g/mol. The van der Waals surface area contributed by atoms with Gasteiger partial charge in [-0.3, -0.25) is 4.79 Å². The van der Waals surface area contributed by atoms with Crippen LogP contribution in [0.25, 0.3) is 0 Å². The fourth-order valence-electron chi connectivity index (χ4n) is 1.92. The molecule has 14 heavy (non-hydrogen) atoms. The minimum atomic E-state index is -0.0619. The van der Waals surface area contributed by atoms with Crippen LogP contribution in [-0.4, -0.2) is 35.5 Å². The maximum Gasteiger partial charge on any atom is 0.239 e. The molecule has 1 fully saturated rings. The van der Waals surface area contributed by atoms with E-state index in [-0.39, 0.29) is 17.5 Å². The third-order valence-corrected chi connectivity index (χ3v) is 2.44. The highest BCUT2D eigenvalue weighted by molar-refractivity contribution is 5.81. The molecule has 0 aliphatic carbocycles. The molecule has 1 aliphatic rings. The Labute approximate surface area is 86.9 Å². The molecule has 0 aromatic rings. The van der Waals surface area contributed by atoms with Gasteiger partial charge in [-0.15, -0.1) is 0 Å². The summed E-state index contributed by atoms with van der Waals surface area (Å²) in [7, 11) is 0. The van der Waals surface area contributed by atoms with Crippen LogP contribution in [-0.2, 0) is 4.79 Å². The van der Waals surface area contributed by atoms with E-state index in [1.54, 1.807) is 0 Å². The zero-order chi connectivity index (χ0) is 10.8. The highest BCUT2D eigenvalue weighted by Crippen LogP contribution is 2.10. The Morgan fingerprint density at radius 2 is 1.79 bits per heavy atom. The highest BCUT2D eigenvalue weighted by atomic mass is 16.2. The van der Waals surface area contributed by atoms with Crippen LogP contribution in [0, 0.1) is 0 Å². The van der Waals surface area contributed by atoms with Crippen molar-refractivity contribution in [3.8, 4) is 0 Å². The van der Waals surface area contributed by atoms with Crippen molar-refractivity contribution in [2.75, 3.05) is 13.1 Å². The lowest BCUT2D eigenvalue weighted by atomic mass is 10.1. The van der Waals surface area contributed by atoms with E-state index >= 15 is 0 Å². The molecule has 0 bridgehead atoms. The number of rotatable bonds is 2. The summed E-state index contributed by atoms with van der Waals surface area (Å²) in [5.74, 6) is 0.248. The van der Waals surface area contributed by atoms with Gasteiger partial charge in [0.05, 0.1) is 6.04 Å². The summed E-state index contributed by atoms with van der Waals surface area (Å²) in [4.78, 5) is 13.8. The maximum absolute atomic E-state index is 11.9. The second-order valence-electron chi connectivity index (χ2n) is 5.15.